The third-order valence-electron chi connectivity index (χ3n) is 1.90. The van der Waals surface area contributed by atoms with Crippen LogP contribution in [-0.2, 0) is 9.47 Å². The van der Waals surface area contributed by atoms with Gasteiger partial charge in [-0.05, 0) is 12.8 Å². The molecule has 0 saturated carbocycles. The molecular weight excluding hydrogens is 271 g/mol. The topological polar surface area (TPSA) is 31.3 Å². The highest BCUT2D eigenvalue weighted by atomic mass is 127. The second-order valence-corrected chi connectivity index (χ2v) is 2.68. The lowest BCUT2D eigenvalue weighted by molar-refractivity contribution is -0.291. The van der Waals surface area contributed by atoms with E-state index in [1.165, 1.54) is 0 Å². The molecule has 1 heterocycles. The largest absolute Gasteiger partial charge is 1.00 e. The SMILES string of the molecule is CC[OH+][C@H]1OCCC[C@H]1OC.[I-]. The Hall–Kier alpha value is 0.610. The predicted molar refractivity (Wildman–Crippen MR) is 42.5 cm³/mol. The Morgan fingerprint density at radius 2 is 2.33 bits per heavy atom. The highest BCUT2D eigenvalue weighted by Crippen LogP contribution is 2.15. The molecule has 0 amide bonds. The number of methoxy groups -OCH3 is 1. The van der Waals surface area contributed by atoms with E-state index in [-0.39, 0.29) is 36.4 Å². The molecule has 0 bridgehead atoms. The summed E-state index contributed by atoms with van der Waals surface area (Å²) >= 11 is 0. The van der Waals surface area contributed by atoms with Gasteiger partial charge in [0.05, 0.1) is 6.61 Å². The van der Waals surface area contributed by atoms with Crippen molar-refractivity contribution in [1.82, 2.24) is 0 Å². The lowest BCUT2D eigenvalue weighted by Crippen LogP contribution is -3.00. The molecule has 74 valence electrons. The first-order valence-electron chi connectivity index (χ1n) is 4.19. The van der Waals surface area contributed by atoms with Gasteiger partial charge in [-0.2, -0.15) is 0 Å². The molecule has 3 nitrogen and oxygen atoms in total. The van der Waals surface area contributed by atoms with E-state index in [0.717, 1.165) is 26.1 Å². The summed E-state index contributed by atoms with van der Waals surface area (Å²) in [6.07, 6.45) is 2.33. The lowest BCUT2D eigenvalue weighted by Gasteiger charge is -2.26. The highest BCUT2D eigenvalue weighted by Gasteiger charge is 2.30. The minimum absolute atomic E-state index is 0. The van der Waals surface area contributed by atoms with Gasteiger partial charge in [-0.15, -0.1) is 0 Å². The standard InChI is InChI=1S/C8H16O3.HI/c1-3-10-8-7(9-2)5-4-6-11-8;/h7-8H,3-6H2,1-2H3;1H/t7-,8+;/m1./s1. The number of ether oxygens (including phenoxy) is 3. The normalized spacial score (nSPS) is 29.5. The Bertz CT molecular complexity index is 108. The Kier molecular flexibility index (Phi) is 7.41. The van der Waals surface area contributed by atoms with Gasteiger partial charge in [0.15, 0.2) is 6.10 Å². The molecule has 0 unspecified atom stereocenters. The number of hydrogen-bond donors (Lipinski definition) is 0. The quantitative estimate of drug-likeness (QED) is 0.432. The molecule has 1 aliphatic rings. The average molecular weight is 288 g/mol. The van der Waals surface area contributed by atoms with Crippen LogP contribution in [0.1, 0.15) is 19.8 Å². The number of aliphatic hydroxyl groups is 2. The molecule has 0 aromatic rings. The Balaban J connectivity index is 0.00000121. The van der Waals surface area contributed by atoms with Gasteiger partial charge < -0.3 is 38.2 Å². The van der Waals surface area contributed by atoms with Crippen molar-refractivity contribution in [2.45, 2.75) is 32.2 Å². The summed E-state index contributed by atoms with van der Waals surface area (Å²) in [4.78, 5) is 0. The van der Waals surface area contributed by atoms with Crippen molar-refractivity contribution in [2.75, 3.05) is 20.3 Å². The summed E-state index contributed by atoms with van der Waals surface area (Å²) in [6.45, 7) is 3.66. The van der Waals surface area contributed by atoms with Crippen molar-refractivity contribution < 1.29 is 38.2 Å². The summed E-state index contributed by atoms with van der Waals surface area (Å²) in [5.74, 6) is 0. The van der Waals surface area contributed by atoms with Crippen LogP contribution in [0.2, 0.25) is 0 Å². The molecular formula is C8H17IO3. The van der Waals surface area contributed by atoms with Crippen LogP contribution in [0.4, 0.5) is 0 Å². The maximum absolute atomic E-state index is 5.43. The van der Waals surface area contributed by atoms with Crippen LogP contribution in [0, 0.1) is 0 Å². The molecule has 0 spiro atoms. The maximum atomic E-state index is 5.43. The highest BCUT2D eigenvalue weighted by molar-refractivity contribution is 4.66. The minimum atomic E-state index is -0.0150. The Morgan fingerprint density at radius 1 is 1.58 bits per heavy atom. The van der Waals surface area contributed by atoms with Crippen molar-refractivity contribution in [3.05, 3.63) is 0 Å². The van der Waals surface area contributed by atoms with Crippen LogP contribution >= 0.6 is 0 Å². The van der Waals surface area contributed by atoms with Gasteiger partial charge in [-0.25, -0.2) is 0 Å². The van der Waals surface area contributed by atoms with Gasteiger partial charge in [-0.1, -0.05) is 0 Å². The second-order valence-electron chi connectivity index (χ2n) is 2.68. The van der Waals surface area contributed by atoms with E-state index in [2.05, 4.69) is 4.74 Å². The molecule has 0 aliphatic carbocycles. The first-order chi connectivity index (χ1) is 5.38. The minimum Gasteiger partial charge on any atom is -1.00 e. The fourth-order valence-corrected chi connectivity index (χ4v) is 1.32. The third kappa shape index (κ3) is 3.55. The lowest BCUT2D eigenvalue weighted by atomic mass is 10.1. The fourth-order valence-electron chi connectivity index (χ4n) is 1.32. The second kappa shape index (κ2) is 7.06. The van der Waals surface area contributed by atoms with Gasteiger partial charge in [-0.3, -0.25) is 0 Å². The van der Waals surface area contributed by atoms with Crippen LogP contribution < -0.4 is 24.0 Å². The molecule has 1 aliphatic heterocycles. The molecule has 2 atom stereocenters. The van der Waals surface area contributed by atoms with Gasteiger partial charge in [0.2, 0.25) is 0 Å². The Morgan fingerprint density at radius 3 is 2.92 bits per heavy atom. The Labute approximate surface area is 90.8 Å². The summed E-state index contributed by atoms with van der Waals surface area (Å²) in [5, 5.41) is 0. The monoisotopic (exact) mass is 288 g/mol. The van der Waals surface area contributed by atoms with Crippen molar-refractivity contribution in [3.8, 4) is 0 Å². The summed E-state index contributed by atoms with van der Waals surface area (Å²) < 4.78 is 15.0. The molecule has 1 rings (SSSR count). The third-order valence-corrected chi connectivity index (χ3v) is 1.90. The summed E-state index contributed by atoms with van der Waals surface area (Å²) in [7, 11) is 1.72. The summed E-state index contributed by atoms with van der Waals surface area (Å²) in [5.41, 5.74) is 0. The van der Waals surface area contributed by atoms with E-state index < -0.39 is 0 Å². The fraction of sp³-hybridized carbons (Fsp3) is 1.00. The predicted octanol–water partition coefficient (Wildman–Crippen LogP) is -2.31. The molecule has 1 fully saturated rings. The van der Waals surface area contributed by atoms with Crippen LogP contribution in [0.15, 0.2) is 0 Å². The van der Waals surface area contributed by atoms with Crippen molar-refractivity contribution in [3.63, 3.8) is 0 Å². The van der Waals surface area contributed by atoms with E-state index in [1.54, 1.807) is 7.11 Å². The van der Waals surface area contributed by atoms with Gasteiger partial charge >= 0.3 is 0 Å². The molecule has 1 N–H and O–H groups in total. The van der Waals surface area contributed by atoms with E-state index in [9.17, 15) is 0 Å². The zero-order valence-electron chi connectivity index (χ0n) is 7.62. The number of rotatable bonds is 3. The van der Waals surface area contributed by atoms with Crippen LogP contribution in [0.25, 0.3) is 0 Å². The van der Waals surface area contributed by atoms with Crippen LogP contribution in [0.5, 0.6) is 0 Å². The van der Waals surface area contributed by atoms with E-state index in [1.807, 2.05) is 6.92 Å². The summed E-state index contributed by atoms with van der Waals surface area (Å²) in [6, 6.07) is 0. The van der Waals surface area contributed by atoms with E-state index in [0.29, 0.717) is 0 Å². The average Bonchev–Trinajstić information content (AvgIpc) is 2.06. The molecule has 0 aromatic carbocycles. The number of hydrogen-bond acceptors (Lipinski definition) is 2. The number of halogens is 1. The molecule has 12 heavy (non-hydrogen) atoms. The van der Waals surface area contributed by atoms with Crippen LogP contribution in [0.3, 0.4) is 0 Å². The van der Waals surface area contributed by atoms with Crippen molar-refractivity contribution in [1.29, 1.82) is 0 Å². The zero-order valence-corrected chi connectivity index (χ0v) is 9.78. The molecule has 0 aromatic heterocycles. The molecule has 0 radical (unpaired) electrons. The van der Waals surface area contributed by atoms with Crippen molar-refractivity contribution in [2.24, 2.45) is 0 Å². The van der Waals surface area contributed by atoms with Gasteiger partial charge in [0.25, 0.3) is 6.29 Å². The van der Waals surface area contributed by atoms with E-state index >= 15 is 0 Å². The van der Waals surface area contributed by atoms with Crippen LogP contribution in [-0.4, -0.2) is 37.5 Å². The zero-order chi connectivity index (χ0) is 8.10. The van der Waals surface area contributed by atoms with Crippen molar-refractivity contribution >= 4 is 0 Å². The first kappa shape index (κ1) is 12.6. The molecule has 4 heteroatoms. The maximum Gasteiger partial charge on any atom is 0.291 e. The van der Waals surface area contributed by atoms with Gasteiger partial charge in [0, 0.05) is 14.0 Å². The smallest absolute Gasteiger partial charge is 0.291 e. The first-order valence-corrected chi connectivity index (χ1v) is 4.19. The molecule has 1 saturated heterocycles. The van der Waals surface area contributed by atoms with E-state index in [4.69, 9.17) is 9.47 Å². The van der Waals surface area contributed by atoms with Gasteiger partial charge in [0.1, 0.15) is 6.61 Å².